The fourth-order valence-corrected chi connectivity index (χ4v) is 3.52. The van der Waals surface area contributed by atoms with Crippen molar-refractivity contribution < 1.29 is 9.59 Å². The summed E-state index contributed by atoms with van der Waals surface area (Å²) < 4.78 is 1.76. The Hall–Kier alpha value is -3.41. The lowest BCUT2D eigenvalue weighted by Crippen LogP contribution is -2.33. The largest absolute Gasteiger partial charge is 0.343 e. The van der Waals surface area contributed by atoms with Gasteiger partial charge >= 0.3 is 0 Å². The maximum Gasteiger partial charge on any atom is 0.251 e. The SMILES string of the molecule is Cc1cc(-n2cccn2)ccc1NC(=O)CNC(=O)c1ccc2c(c1)CCC2. The lowest BCUT2D eigenvalue weighted by Gasteiger charge is -2.11. The molecule has 0 bridgehead atoms. The molecule has 0 fully saturated rings. The number of fused-ring (bicyclic) bond motifs is 1. The normalized spacial score (nSPS) is 12.5. The first-order valence-electron chi connectivity index (χ1n) is 9.41. The van der Waals surface area contributed by atoms with Gasteiger partial charge in [-0.2, -0.15) is 5.10 Å². The number of anilines is 1. The van der Waals surface area contributed by atoms with E-state index >= 15 is 0 Å². The highest BCUT2D eigenvalue weighted by Gasteiger charge is 2.15. The zero-order valence-electron chi connectivity index (χ0n) is 15.7. The Bertz CT molecular complexity index is 1030. The topological polar surface area (TPSA) is 76.0 Å². The van der Waals surface area contributed by atoms with Crippen molar-refractivity contribution in [3.63, 3.8) is 0 Å². The summed E-state index contributed by atoms with van der Waals surface area (Å²) in [7, 11) is 0. The van der Waals surface area contributed by atoms with Crippen molar-refractivity contribution >= 4 is 17.5 Å². The molecular weight excluding hydrogens is 352 g/mol. The summed E-state index contributed by atoms with van der Waals surface area (Å²) >= 11 is 0. The van der Waals surface area contributed by atoms with E-state index in [1.165, 1.54) is 11.1 Å². The summed E-state index contributed by atoms with van der Waals surface area (Å²) in [5.41, 5.74) is 5.73. The van der Waals surface area contributed by atoms with Gasteiger partial charge in [0.25, 0.3) is 5.91 Å². The van der Waals surface area contributed by atoms with Crippen molar-refractivity contribution in [2.75, 3.05) is 11.9 Å². The van der Waals surface area contributed by atoms with Crippen molar-refractivity contribution in [3.05, 3.63) is 77.1 Å². The highest BCUT2D eigenvalue weighted by molar-refractivity contribution is 5.99. The fraction of sp³-hybridized carbons (Fsp3) is 0.227. The molecule has 1 aromatic heterocycles. The first-order valence-corrected chi connectivity index (χ1v) is 9.41. The molecule has 0 radical (unpaired) electrons. The molecular formula is C22H22N4O2. The van der Waals surface area contributed by atoms with E-state index in [2.05, 4.69) is 15.7 Å². The van der Waals surface area contributed by atoms with E-state index < -0.39 is 0 Å². The molecule has 0 saturated heterocycles. The van der Waals surface area contributed by atoms with Gasteiger partial charge in [0.15, 0.2) is 0 Å². The van der Waals surface area contributed by atoms with Gasteiger partial charge in [-0.3, -0.25) is 9.59 Å². The molecule has 28 heavy (non-hydrogen) atoms. The summed E-state index contributed by atoms with van der Waals surface area (Å²) in [6, 6.07) is 13.3. The van der Waals surface area contributed by atoms with Crippen LogP contribution in [-0.2, 0) is 17.6 Å². The molecule has 0 aliphatic heterocycles. The number of aryl methyl sites for hydroxylation is 3. The summed E-state index contributed by atoms with van der Waals surface area (Å²) in [4.78, 5) is 24.6. The predicted octanol–water partition coefficient (Wildman–Crippen LogP) is 3.04. The number of aromatic nitrogens is 2. The van der Waals surface area contributed by atoms with E-state index in [0.29, 0.717) is 11.3 Å². The number of hydrogen-bond donors (Lipinski definition) is 2. The quantitative estimate of drug-likeness (QED) is 0.721. The van der Waals surface area contributed by atoms with Crippen molar-refractivity contribution in [1.29, 1.82) is 0 Å². The summed E-state index contributed by atoms with van der Waals surface area (Å²) in [5.74, 6) is -0.486. The molecule has 2 aromatic carbocycles. The Morgan fingerprint density at radius 1 is 1.11 bits per heavy atom. The van der Waals surface area contributed by atoms with Crippen LogP contribution in [0.1, 0.15) is 33.5 Å². The third-order valence-electron chi connectivity index (χ3n) is 5.02. The number of amides is 2. The number of nitrogens with one attached hydrogen (secondary N) is 2. The Kier molecular flexibility index (Phi) is 4.93. The molecule has 1 aliphatic rings. The van der Waals surface area contributed by atoms with E-state index in [-0.39, 0.29) is 18.4 Å². The van der Waals surface area contributed by atoms with Gasteiger partial charge in [0.05, 0.1) is 12.2 Å². The molecule has 2 amide bonds. The van der Waals surface area contributed by atoms with Gasteiger partial charge in [0, 0.05) is 23.6 Å². The molecule has 4 rings (SSSR count). The van der Waals surface area contributed by atoms with Crippen LogP contribution in [0.2, 0.25) is 0 Å². The van der Waals surface area contributed by atoms with E-state index in [9.17, 15) is 9.59 Å². The van der Waals surface area contributed by atoms with Crippen molar-refractivity contribution in [1.82, 2.24) is 15.1 Å². The van der Waals surface area contributed by atoms with Gasteiger partial charge in [0.2, 0.25) is 5.91 Å². The summed E-state index contributed by atoms with van der Waals surface area (Å²) in [6.07, 6.45) is 6.82. The van der Waals surface area contributed by atoms with Crippen LogP contribution in [0, 0.1) is 6.92 Å². The zero-order valence-corrected chi connectivity index (χ0v) is 15.7. The minimum Gasteiger partial charge on any atom is -0.343 e. The molecule has 0 atom stereocenters. The van der Waals surface area contributed by atoms with Gasteiger partial charge in [-0.15, -0.1) is 0 Å². The van der Waals surface area contributed by atoms with Crippen molar-refractivity contribution in [3.8, 4) is 5.69 Å². The van der Waals surface area contributed by atoms with Crippen LogP contribution < -0.4 is 10.6 Å². The summed E-state index contributed by atoms with van der Waals surface area (Å²) in [6.45, 7) is 1.85. The average molecular weight is 374 g/mol. The van der Waals surface area contributed by atoms with Gasteiger partial charge in [-0.05, 0) is 79.3 Å². The standard InChI is InChI=1S/C22H22N4O2/c1-15-12-19(26-11-3-10-24-26)8-9-20(15)25-21(27)14-23-22(28)18-7-6-16-4-2-5-17(16)13-18/h3,6-13H,2,4-5,14H2,1H3,(H,23,28)(H,25,27). The Morgan fingerprint density at radius 3 is 2.75 bits per heavy atom. The zero-order chi connectivity index (χ0) is 19.5. The van der Waals surface area contributed by atoms with Crippen LogP contribution >= 0.6 is 0 Å². The third kappa shape index (κ3) is 3.81. The van der Waals surface area contributed by atoms with Gasteiger partial charge in [-0.1, -0.05) is 6.07 Å². The maximum absolute atomic E-state index is 12.3. The molecule has 0 saturated carbocycles. The van der Waals surface area contributed by atoms with Crippen LogP contribution in [0.3, 0.4) is 0 Å². The van der Waals surface area contributed by atoms with Gasteiger partial charge in [-0.25, -0.2) is 4.68 Å². The molecule has 0 unspecified atom stereocenters. The second-order valence-electron chi connectivity index (χ2n) is 7.02. The Balaban J connectivity index is 1.35. The number of carbonyl (C=O) groups is 2. The smallest absolute Gasteiger partial charge is 0.251 e. The van der Waals surface area contributed by atoms with Gasteiger partial charge in [0.1, 0.15) is 0 Å². The highest BCUT2D eigenvalue weighted by Crippen LogP contribution is 2.23. The van der Waals surface area contributed by atoms with E-state index in [1.54, 1.807) is 10.9 Å². The highest BCUT2D eigenvalue weighted by atomic mass is 16.2. The van der Waals surface area contributed by atoms with Crippen molar-refractivity contribution in [2.24, 2.45) is 0 Å². The van der Waals surface area contributed by atoms with E-state index in [1.807, 2.05) is 55.6 Å². The maximum atomic E-state index is 12.3. The molecule has 1 aliphatic carbocycles. The van der Waals surface area contributed by atoms with Crippen LogP contribution in [0.4, 0.5) is 5.69 Å². The number of benzene rings is 2. The van der Waals surface area contributed by atoms with Gasteiger partial charge < -0.3 is 10.6 Å². The second kappa shape index (κ2) is 7.68. The Labute approximate surface area is 163 Å². The molecule has 3 aromatic rings. The van der Waals surface area contributed by atoms with E-state index in [0.717, 1.165) is 30.5 Å². The van der Waals surface area contributed by atoms with Crippen LogP contribution in [0.25, 0.3) is 5.69 Å². The van der Waals surface area contributed by atoms with Crippen LogP contribution in [0.15, 0.2) is 54.9 Å². The molecule has 142 valence electrons. The molecule has 6 nitrogen and oxygen atoms in total. The number of rotatable bonds is 5. The minimum atomic E-state index is -0.260. The first-order chi connectivity index (χ1) is 13.6. The summed E-state index contributed by atoms with van der Waals surface area (Å²) in [5, 5.41) is 9.75. The fourth-order valence-electron chi connectivity index (χ4n) is 3.52. The number of carbonyl (C=O) groups excluding carboxylic acids is 2. The number of nitrogens with zero attached hydrogens (tertiary/aromatic N) is 2. The second-order valence-corrected chi connectivity index (χ2v) is 7.02. The Morgan fingerprint density at radius 2 is 1.96 bits per heavy atom. The minimum absolute atomic E-state index is 0.0731. The third-order valence-corrected chi connectivity index (χ3v) is 5.02. The average Bonchev–Trinajstić information content (AvgIpc) is 3.38. The first kappa shape index (κ1) is 18.0. The monoisotopic (exact) mass is 374 g/mol. The predicted molar refractivity (Wildman–Crippen MR) is 108 cm³/mol. The molecule has 2 N–H and O–H groups in total. The lowest BCUT2D eigenvalue weighted by atomic mass is 10.1. The molecule has 6 heteroatoms. The molecule has 1 heterocycles. The molecule has 0 spiro atoms. The van der Waals surface area contributed by atoms with E-state index in [4.69, 9.17) is 0 Å². The van der Waals surface area contributed by atoms with Crippen LogP contribution in [-0.4, -0.2) is 28.1 Å². The number of hydrogen-bond acceptors (Lipinski definition) is 3. The van der Waals surface area contributed by atoms with Crippen molar-refractivity contribution in [2.45, 2.75) is 26.2 Å². The van der Waals surface area contributed by atoms with Crippen LogP contribution in [0.5, 0.6) is 0 Å². The lowest BCUT2D eigenvalue weighted by molar-refractivity contribution is -0.115.